The Balaban J connectivity index is 2.33. The number of alkyl halides is 3. The van der Waals surface area contributed by atoms with Gasteiger partial charge in [0.05, 0.1) is 22.5 Å². The Hall–Kier alpha value is -2.76. The standard InChI is InChI=1S/C15H13F3N4O4/c1-6-8(3-2-4-19-6)22-11-10(12(23)21-14(22)26)7(13(24)25)5-9(20-11)15(16,17)18/h2-5,12,14,21,23,26H,1H3,(H,24,25). The first-order valence-corrected chi connectivity index (χ1v) is 7.29. The van der Waals surface area contributed by atoms with Crippen molar-refractivity contribution in [2.24, 2.45) is 0 Å². The molecule has 1 aliphatic rings. The summed E-state index contributed by atoms with van der Waals surface area (Å²) in [5.74, 6) is -2.19. The summed E-state index contributed by atoms with van der Waals surface area (Å²) < 4.78 is 39.5. The normalized spacial score (nSPS) is 20.0. The van der Waals surface area contributed by atoms with Crippen LogP contribution in [0.15, 0.2) is 24.4 Å². The van der Waals surface area contributed by atoms with Crippen molar-refractivity contribution in [1.29, 1.82) is 0 Å². The predicted octanol–water partition coefficient (Wildman–Crippen LogP) is 1.51. The summed E-state index contributed by atoms with van der Waals surface area (Å²) >= 11 is 0. The van der Waals surface area contributed by atoms with Gasteiger partial charge in [0.1, 0.15) is 17.7 Å². The molecule has 3 rings (SSSR count). The van der Waals surface area contributed by atoms with E-state index < -0.39 is 41.8 Å². The Labute approximate surface area is 144 Å². The second-order valence-corrected chi connectivity index (χ2v) is 5.52. The Bertz CT molecular complexity index is 874. The van der Waals surface area contributed by atoms with Crippen molar-refractivity contribution in [3.05, 3.63) is 46.9 Å². The highest BCUT2D eigenvalue weighted by Gasteiger charge is 2.41. The van der Waals surface area contributed by atoms with Crippen molar-refractivity contribution in [3.8, 4) is 0 Å². The minimum Gasteiger partial charge on any atom is -0.478 e. The highest BCUT2D eigenvalue weighted by molar-refractivity contribution is 5.92. The van der Waals surface area contributed by atoms with E-state index in [1.807, 2.05) is 0 Å². The molecular formula is C15H13F3N4O4. The summed E-state index contributed by atoms with van der Waals surface area (Å²) in [6.07, 6.45) is -6.86. The number of carboxylic acids is 1. The van der Waals surface area contributed by atoms with Crippen LogP contribution in [0.2, 0.25) is 0 Å². The Morgan fingerprint density at radius 2 is 2.04 bits per heavy atom. The van der Waals surface area contributed by atoms with Crippen LogP contribution in [0.3, 0.4) is 0 Å². The average molecular weight is 370 g/mol. The summed E-state index contributed by atoms with van der Waals surface area (Å²) in [4.78, 5) is 19.9. The number of aryl methyl sites for hydroxylation is 1. The lowest BCUT2D eigenvalue weighted by atomic mass is 10.0. The zero-order valence-electron chi connectivity index (χ0n) is 13.2. The number of carbonyl (C=O) groups is 1. The molecule has 2 aromatic rings. The number of pyridine rings is 2. The first-order chi connectivity index (χ1) is 12.1. The van der Waals surface area contributed by atoms with Crippen molar-refractivity contribution in [2.45, 2.75) is 25.7 Å². The number of aromatic nitrogens is 2. The Morgan fingerprint density at radius 1 is 1.35 bits per heavy atom. The molecule has 2 aromatic heterocycles. The van der Waals surface area contributed by atoms with Gasteiger partial charge >= 0.3 is 12.1 Å². The zero-order valence-corrected chi connectivity index (χ0v) is 13.2. The molecule has 0 aromatic carbocycles. The third-order valence-corrected chi connectivity index (χ3v) is 3.85. The predicted molar refractivity (Wildman–Crippen MR) is 81.4 cm³/mol. The number of nitrogens with zero attached hydrogens (tertiary/aromatic N) is 3. The monoisotopic (exact) mass is 370 g/mol. The van der Waals surface area contributed by atoms with E-state index in [4.69, 9.17) is 0 Å². The molecule has 0 saturated carbocycles. The first kappa shape index (κ1) is 18.0. The van der Waals surface area contributed by atoms with Gasteiger partial charge in [0, 0.05) is 6.20 Å². The summed E-state index contributed by atoms with van der Waals surface area (Å²) in [5.41, 5.74) is -2.07. The van der Waals surface area contributed by atoms with E-state index in [2.05, 4.69) is 15.3 Å². The van der Waals surface area contributed by atoms with Gasteiger partial charge in [0.2, 0.25) is 0 Å². The second kappa shape index (κ2) is 6.20. The molecule has 8 nitrogen and oxygen atoms in total. The van der Waals surface area contributed by atoms with Crippen LogP contribution in [0.5, 0.6) is 0 Å². The molecule has 0 fully saturated rings. The maximum Gasteiger partial charge on any atom is 0.433 e. The summed E-state index contributed by atoms with van der Waals surface area (Å²) in [5, 5.41) is 31.9. The lowest BCUT2D eigenvalue weighted by molar-refractivity contribution is -0.141. The van der Waals surface area contributed by atoms with Gasteiger partial charge in [-0.1, -0.05) is 0 Å². The molecule has 26 heavy (non-hydrogen) atoms. The third kappa shape index (κ3) is 2.96. The topological polar surface area (TPSA) is 119 Å². The fraction of sp³-hybridized carbons (Fsp3) is 0.267. The van der Waals surface area contributed by atoms with Crippen molar-refractivity contribution < 1.29 is 33.3 Å². The number of fused-ring (bicyclic) bond motifs is 1. The van der Waals surface area contributed by atoms with Gasteiger partial charge in [-0.15, -0.1) is 0 Å². The molecule has 0 amide bonds. The largest absolute Gasteiger partial charge is 0.478 e. The molecule has 0 bridgehead atoms. The molecule has 0 radical (unpaired) electrons. The Morgan fingerprint density at radius 3 is 2.62 bits per heavy atom. The molecule has 11 heteroatoms. The van der Waals surface area contributed by atoms with E-state index in [1.54, 1.807) is 6.92 Å². The van der Waals surface area contributed by atoms with Gasteiger partial charge in [-0.3, -0.25) is 9.88 Å². The number of hydrogen-bond acceptors (Lipinski definition) is 7. The van der Waals surface area contributed by atoms with Gasteiger partial charge in [0.25, 0.3) is 0 Å². The summed E-state index contributed by atoms with van der Waals surface area (Å²) in [6, 6.07) is 3.31. The van der Waals surface area contributed by atoms with E-state index >= 15 is 0 Å². The highest BCUT2D eigenvalue weighted by atomic mass is 19.4. The van der Waals surface area contributed by atoms with Crippen molar-refractivity contribution in [3.63, 3.8) is 0 Å². The molecule has 138 valence electrons. The molecule has 4 N–H and O–H groups in total. The molecule has 1 aliphatic heterocycles. The summed E-state index contributed by atoms with van der Waals surface area (Å²) in [6.45, 7) is 1.55. The number of rotatable bonds is 2. The number of carboxylic acid groups (broad SMARTS) is 1. The van der Waals surface area contributed by atoms with Crippen LogP contribution in [0.25, 0.3) is 0 Å². The minimum absolute atomic E-state index is 0.198. The van der Waals surface area contributed by atoms with E-state index in [-0.39, 0.29) is 11.3 Å². The molecular weight excluding hydrogens is 357 g/mol. The van der Waals surface area contributed by atoms with E-state index in [1.165, 1.54) is 18.3 Å². The van der Waals surface area contributed by atoms with Gasteiger partial charge < -0.3 is 15.3 Å². The van der Waals surface area contributed by atoms with Gasteiger partial charge in [-0.25, -0.2) is 15.1 Å². The van der Waals surface area contributed by atoms with Crippen molar-refractivity contribution in [1.82, 2.24) is 15.3 Å². The van der Waals surface area contributed by atoms with E-state index in [0.717, 1.165) is 4.90 Å². The molecule has 2 unspecified atom stereocenters. The SMILES string of the molecule is Cc1ncccc1N1c2nc(C(F)(F)F)cc(C(=O)O)c2C(O)NC1O. The third-order valence-electron chi connectivity index (χ3n) is 3.85. The zero-order chi connectivity index (χ0) is 19.2. The maximum atomic E-state index is 13.2. The van der Waals surface area contributed by atoms with Gasteiger partial charge in [-0.2, -0.15) is 13.2 Å². The maximum absolute atomic E-state index is 13.2. The molecule has 0 aliphatic carbocycles. The highest BCUT2D eigenvalue weighted by Crippen LogP contribution is 2.40. The minimum atomic E-state index is -4.92. The smallest absolute Gasteiger partial charge is 0.433 e. The molecule has 2 atom stereocenters. The van der Waals surface area contributed by atoms with Crippen LogP contribution < -0.4 is 10.2 Å². The quantitative estimate of drug-likeness (QED) is 0.628. The van der Waals surface area contributed by atoms with Crippen molar-refractivity contribution >= 4 is 17.5 Å². The molecule has 0 saturated heterocycles. The number of halogens is 3. The Kier molecular flexibility index (Phi) is 4.30. The van der Waals surface area contributed by atoms with E-state index in [9.17, 15) is 33.3 Å². The van der Waals surface area contributed by atoms with Crippen molar-refractivity contribution in [2.75, 3.05) is 4.90 Å². The van der Waals surface area contributed by atoms with Gasteiger partial charge in [-0.05, 0) is 25.1 Å². The number of aromatic carboxylic acids is 1. The van der Waals surface area contributed by atoms with Crippen LogP contribution in [0.1, 0.15) is 33.5 Å². The van der Waals surface area contributed by atoms with Crippen LogP contribution in [-0.2, 0) is 6.18 Å². The van der Waals surface area contributed by atoms with Crippen LogP contribution >= 0.6 is 0 Å². The lowest BCUT2D eigenvalue weighted by Crippen LogP contribution is -2.50. The molecule has 0 spiro atoms. The second-order valence-electron chi connectivity index (χ2n) is 5.52. The van der Waals surface area contributed by atoms with Gasteiger partial charge in [0.15, 0.2) is 6.35 Å². The fourth-order valence-electron chi connectivity index (χ4n) is 2.71. The summed E-state index contributed by atoms with van der Waals surface area (Å²) in [7, 11) is 0. The van der Waals surface area contributed by atoms with Crippen LogP contribution in [0, 0.1) is 6.92 Å². The number of hydrogen-bond donors (Lipinski definition) is 4. The van der Waals surface area contributed by atoms with E-state index in [0.29, 0.717) is 11.8 Å². The fourth-order valence-corrected chi connectivity index (χ4v) is 2.71. The van der Waals surface area contributed by atoms with Crippen LogP contribution in [0.4, 0.5) is 24.7 Å². The van der Waals surface area contributed by atoms with Crippen LogP contribution in [-0.4, -0.2) is 37.6 Å². The molecule has 3 heterocycles. The number of aliphatic hydroxyl groups is 2. The lowest BCUT2D eigenvalue weighted by Gasteiger charge is -2.38. The number of nitrogens with one attached hydrogen (secondary N) is 1. The number of anilines is 2. The average Bonchev–Trinajstić information content (AvgIpc) is 2.54. The first-order valence-electron chi connectivity index (χ1n) is 7.29. The number of aliphatic hydroxyl groups excluding tert-OH is 2.